The van der Waals surface area contributed by atoms with Crippen molar-refractivity contribution in [3.8, 4) is 0 Å². The molecule has 1 aromatic rings. The van der Waals surface area contributed by atoms with E-state index in [-0.39, 0.29) is 24.3 Å². The number of carbonyl (C=O) groups is 3. The van der Waals surface area contributed by atoms with E-state index in [1.54, 1.807) is 0 Å². The fraction of sp³-hybridized carbons (Fsp3) is 0.571. The summed E-state index contributed by atoms with van der Waals surface area (Å²) in [6, 6.07) is 8.82. The van der Waals surface area contributed by atoms with E-state index in [0.717, 1.165) is 31.2 Å². The molecule has 0 radical (unpaired) electrons. The summed E-state index contributed by atoms with van der Waals surface area (Å²) in [4.78, 5) is 38.8. The van der Waals surface area contributed by atoms with E-state index >= 15 is 0 Å². The van der Waals surface area contributed by atoms with Crippen LogP contribution in [0.5, 0.6) is 0 Å². The molecular weight excluding hydrogens is 356 g/mol. The summed E-state index contributed by atoms with van der Waals surface area (Å²) in [7, 11) is 0. The molecule has 7 heteroatoms. The van der Waals surface area contributed by atoms with E-state index in [1.807, 2.05) is 37.3 Å². The van der Waals surface area contributed by atoms with Crippen LogP contribution in [-0.4, -0.2) is 54.3 Å². The highest BCUT2D eigenvalue weighted by Crippen LogP contribution is 2.17. The van der Waals surface area contributed by atoms with Gasteiger partial charge in [0.15, 0.2) is 0 Å². The Kier molecular flexibility index (Phi) is 8.94. The van der Waals surface area contributed by atoms with Crippen molar-refractivity contribution in [2.24, 2.45) is 5.73 Å². The van der Waals surface area contributed by atoms with Crippen LogP contribution in [0.3, 0.4) is 0 Å². The second-order valence-corrected chi connectivity index (χ2v) is 7.18. The number of unbranched alkanes of at least 4 members (excludes halogenated alkanes) is 1. The third kappa shape index (κ3) is 6.34. The number of hydrogen-bond acceptors (Lipinski definition) is 4. The van der Waals surface area contributed by atoms with Gasteiger partial charge in [-0.05, 0) is 31.2 Å². The summed E-state index contributed by atoms with van der Waals surface area (Å²) in [5, 5.41) is 5.79. The first kappa shape index (κ1) is 21.9. The van der Waals surface area contributed by atoms with Crippen LogP contribution < -0.4 is 16.4 Å². The molecule has 1 aliphatic heterocycles. The summed E-state index contributed by atoms with van der Waals surface area (Å²) >= 11 is 0. The Hall–Kier alpha value is -2.41. The van der Waals surface area contributed by atoms with Crippen molar-refractivity contribution < 1.29 is 14.4 Å². The molecule has 0 aliphatic carbocycles. The SMILES string of the molecule is CCCC[C@H](NC(=O)[C@H]1CCCN1C(=O)CN)C(=O)NCCc1ccccc1. The van der Waals surface area contributed by atoms with Crippen molar-refractivity contribution >= 4 is 17.7 Å². The molecule has 7 nitrogen and oxygen atoms in total. The molecule has 0 spiro atoms. The highest BCUT2D eigenvalue weighted by Gasteiger charge is 2.35. The lowest BCUT2D eigenvalue weighted by Crippen LogP contribution is -2.54. The van der Waals surface area contributed by atoms with E-state index in [9.17, 15) is 14.4 Å². The first-order valence-corrected chi connectivity index (χ1v) is 10.2. The van der Waals surface area contributed by atoms with Crippen molar-refractivity contribution in [1.29, 1.82) is 0 Å². The molecule has 1 fully saturated rings. The zero-order valence-electron chi connectivity index (χ0n) is 16.7. The molecular formula is C21H32N4O3. The fourth-order valence-corrected chi connectivity index (χ4v) is 3.50. The molecule has 0 bridgehead atoms. The van der Waals surface area contributed by atoms with Gasteiger partial charge in [0, 0.05) is 13.1 Å². The van der Waals surface area contributed by atoms with Crippen LogP contribution in [0.15, 0.2) is 30.3 Å². The lowest BCUT2D eigenvalue weighted by Gasteiger charge is -2.26. The van der Waals surface area contributed by atoms with Crippen molar-refractivity contribution in [1.82, 2.24) is 15.5 Å². The fourth-order valence-electron chi connectivity index (χ4n) is 3.50. The monoisotopic (exact) mass is 388 g/mol. The largest absolute Gasteiger partial charge is 0.354 e. The Morgan fingerprint density at radius 3 is 2.68 bits per heavy atom. The molecule has 154 valence electrons. The summed E-state index contributed by atoms with van der Waals surface area (Å²) < 4.78 is 0. The van der Waals surface area contributed by atoms with E-state index in [0.29, 0.717) is 25.9 Å². The summed E-state index contributed by atoms with van der Waals surface area (Å²) in [6.07, 6.45) is 4.47. The van der Waals surface area contributed by atoms with Crippen molar-refractivity contribution in [3.05, 3.63) is 35.9 Å². The number of rotatable bonds is 10. The second kappa shape index (κ2) is 11.4. The van der Waals surface area contributed by atoms with E-state index in [4.69, 9.17) is 5.73 Å². The van der Waals surface area contributed by atoms with Crippen LogP contribution in [0.4, 0.5) is 0 Å². The van der Waals surface area contributed by atoms with Crippen LogP contribution in [0.25, 0.3) is 0 Å². The molecule has 2 rings (SSSR count). The van der Waals surface area contributed by atoms with Gasteiger partial charge in [0.25, 0.3) is 0 Å². The maximum Gasteiger partial charge on any atom is 0.243 e. The predicted octanol–water partition coefficient (Wildman–Crippen LogP) is 0.970. The number of nitrogens with one attached hydrogen (secondary N) is 2. The average molecular weight is 389 g/mol. The van der Waals surface area contributed by atoms with Crippen LogP contribution in [0, 0.1) is 0 Å². The van der Waals surface area contributed by atoms with Crippen molar-refractivity contribution in [2.75, 3.05) is 19.6 Å². The molecule has 1 aromatic carbocycles. The number of nitrogens with two attached hydrogens (primary N) is 1. The lowest BCUT2D eigenvalue weighted by atomic mass is 10.1. The zero-order valence-corrected chi connectivity index (χ0v) is 16.7. The number of nitrogens with zero attached hydrogens (tertiary/aromatic N) is 1. The van der Waals surface area contributed by atoms with Crippen molar-refractivity contribution in [3.63, 3.8) is 0 Å². The minimum absolute atomic E-state index is 0.108. The standard InChI is InChI=1S/C21H32N4O3/c1-2-3-10-17(20(27)23-13-12-16-8-5-4-6-9-16)24-21(28)18-11-7-14-25(18)19(26)15-22/h4-6,8-9,17-18H,2-3,7,10-15,22H2,1H3,(H,23,27)(H,24,28)/t17-,18+/m0/s1. The lowest BCUT2D eigenvalue weighted by molar-refractivity contribution is -0.138. The number of amides is 3. The number of carbonyl (C=O) groups excluding carboxylic acids is 3. The normalized spacial score (nSPS) is 17.2. The molecule has 1 saturated heterocycles. The van der Waals surface area contributed by atoms with E-state index < -0.39 is 12.1 Å². The zero-order chi connectivity index (χ0) is 20.4. The maximum atomic E-state index is 12.7. The maximum absolute atomic E-state index is 12.7. The Bertz CT molecular complexity index is 650. The summed E-state index contributed by atoms with van der Waals surface area (Å²) in [5.41, 5.74) is 6.60. The van der Waals surface area contributed by atoms with Gasteiger partial charge in [-0.25, -0.2) is 0 Å². The van der Waals surface area contributed by atoms with Gasteiger partial charge in [-0.1, -0.05) is 50.1 Å². The molecule has 2 atom stereocenters. The molecule has 3 amide bonds. The van der Waals surface area contributed by atoms with Gasteiger partial charge in [-0.3, -0.25) is 14.4 Å². The first-order chi connectivity index (χ1) is 13.6. The third-order valence-corrected chi connectivity index (χ3v) is 5.09. The van der Waals surface area contributed by atoms with Crippen LogP contribution >= 0.6 is 0 Å². The third-order valence-electron chi connectivity index (χ3n) is 5.09. The van der Waals surface area contributed by atoms with Gasteiger partial charge < -0.3 is 21.3 Å². The van der Waals surface area contributed by atoms with Crippen LogP contribution in [0.1, 0.15) is 44.6 Å². The molecule has 0 unspecified atom stereocenters. The summed E-state index contributed by atoms with van der Waals surface area (Å²) in [6.45, 7) is 2.99. The quantitative estimate of drug-likeness (QED) is 0.555. The Morgan fingerprint density at radius 1 is 1.25 bits per heavy atom. The topological polar surface area (TPSA) is 105 Å². The number of likely N-dealkylation sites (tertiary alicyclic amines) is 1. The van der Waals surface area contributed by atoms with E-state index in [2.05, 4.69) is 10.6 Å². The Labute approximate surface area is 167 Å². The smallest absolute Gasteiger partial charge is 0.243 e. The van der Waals surface area contributed by atoms with Gasteiger partial charge >= 0.3 is 0 Å². The Balaban J connectivity index is 1.91. The minimum atomic E-state index is -0.585. The van der Waals surface area contributed by atoms with Gasteiger partial charge in [-0.2, -0.15) is 0 Å². The highest BCUT2D eigenvalue weighted by molar-refractivity contribution is 5.92. The van der Waals surface area contributed by atoms with Gasteiger partial charge in [-0.15, -0.1) is 0 Å². The Morgan fingerprint density at radius 2 is 2.00 bits per heavy atom. The highest BCUT2D eigenvalue weighted by atomic mass is 16.2. The van der Waals surface area contributed by atoms with Gasteiger partial charge in [0.05, 0.1) is 6.54 Å². The van der Waals surface area contributed by atoms with Crippen LogP contribution in [-0.2, 0) is 20.8 Å². The molecule has 28 heavy (non-hydrogen) atoms. The molecule has 4 N–H and O–H groups in total. The number of benzene rings is 1. The van der Waals surface area contributed by atoms with Crippen LogP contribution in [0.2, 0.25) is 0 Å². The first-order valence-electron chi connectivity index (χ1n) is 10.2. The van der Waals surface area contributed by atoms with Gasteiger partial charge in [0.2, 0.25) is 17.7 Å². The molecule has 0 saturated carbocycles. The van der Waals surface area contributed by atoms with E-state index in [1.165, 1.54) is 4.90 Å². The average Bonchev–Trinajstić information content (AvgIpc) is 3.21. The predicted molar refractivity (Wildman–Crippen MR) is 108 cm³/mol. The second-order valence-electron chi connectivity index (χ2n) is 7.18. The summed E-state index contributed by atoms with van der Waals surface area (Å²) in [5.74, 6) is -0.666. The number of hydrogen-bond donors (Lipinski definition) is 3. The molecule has 0 aromatic heterocycles. The molecule has 1 aliphatic rings. The molecule has 1 heterocycles. The van der Waals surface area contributed by atoms with Crippen molar-refractivity contribution in [2.45, 2.75) is 57.5 Å². The van der Waals surface area contributed by atoms with Gasteiger partial charge in [0.1, 0.15) is 12.1 Å². The minimum Gasteiger partial charge on any atom is -0.354 e.